The summed E-state index contributed by atoms with van der Waals surface area (Å²) in [5.41, 5.74) is -4.47. The maximum Gasteiger partial charge on any atom is 0.437 e. The van der Waals surface area contributed by atoms with E-state index in [9.17, 15) is 38.0 Å². The number of rotatable bonds is 5. The lowest BCUT2D eigenvalue weighted by Gasteiger charge is -2.44. The summed E-state index contributed by atoms with van der Waals surface area (Å²) in [6, 6.07) is 9.64. The van der Waals surface area contributed by atoms with E-state index in [0.29, 0.717) is 0 Å². The lowest BCUT2D eigenvalue weighted by molar-refractivity contribution is -0.384. The van der Waals surface area contributed by atoms with E-state index in [0.717, 1.165) is 0 Å². The first-order valence-electron chi connectivity index (χ1n) is 9.93. The third kappa shape index (κ3) is 4.33. The van der Waals surface area contributed by atoms with Crippen LogP contribution in [0.25, 0.3) is 11.3 Å². The van der Waals surface area contributed by atoms with Crippen molar-refractivity contribution in [1.82, 2.24) is 10.6 Å². The van der Waals surface area contributed by atoms with Crippen molar-refractivity contribution < 1.29 is 37.2 Å². The van der Waals surface area contributed by atoms with Gasteiger partial charge in [0, 0.05) is 16.7 Å². The van der Waals surface area contributed by atoms with Crippen LogP contribution in [0.5, 0.6) is 0 Å². The fourth-order valence-corrected chi connectivity index (χ4v) is 4.00. The number of aliphatic hydroxyl groups is 1. The summed E-state index contributed by atoms with van der Waals surface area (Å²) in [6.45, 7) is 0. The number of carbonyl (C=O) groups excluding carboxylic acids is 2. The van der Waals surface area contributed by atoms with Crippen LogP contribution in [0.2, 0.25) is 5.02 Å². The van der Waals surface area contributed by atoms with E-state index in [1.165, 1.54) is 66.0 Å². The second kappa shape index (κ2) is 8.71. The number of ketones is 1. The maximum absolute atomic E-state index is 14.0. The Morgan fingerprint density at radius 3 is 2.40 bits per heavy atom. The number of nitrogens with zero attached hydrogens (tertiary/aromatic N) is 1. The summed E-state index contributed by atoms with van der Waals surface area (Å²) in [6.07, 6.45) is -5.45. The standard InChI is InChI=1S/C22H15ClF3N3O6/c23-12-7-5-11(6-8-12)19(30)17-18(27-20(31)28-21(17,32)22(24,25)26)16-10-9-15(35-16)13-3-1-2-4-14(13)29(33)34/h1-10,17-18,32H,(H2,27,28,31)/t17-,18-,21+/m0/s1. The van der Waals surface area contributed by atoms with E-state index in [2.05, 4.69) is 5.32 Å². The van der Waals surface area contributed by atoms with E-state index in [4.69, 9.17) is 16.0 Å². The molecule has 182 valence electrons. The van der Waals surface area contributed by atoms with Crippen molar-refractivity contribution in [2.24, 2.45) is 5.92 Å². The minimum atomic E-state index is -5.45. The zero-order valence-electron chi connectivity index (χ0n) is 17.4. The molecule has 2 amide bonds. The molecule has 0 radical (unpaired) electrons. The zero-order valence-corrected chi connectivity index (χ0v) is 18.1. The number of hydrogen-bond donors (Lipinski definition) is 3. The number of carbonyl (C=O) groups is 2. The first kappa shape index (κ1) is 24.2. The summed E-state index contributed by atoms with van der Waals surface area (Å²) in [7, 11) is 0. The highest BCUT2D eigenvalue weighted by atomic mass is 35.5. The molecule has 1 aliphatic rings. The number of hydrogen-bond acceptors (Lipinski definition) is 6. The summed E-state index contributed by atoms with van der Waals surface area (Å²) in [5.74, 6) is -3.91. The summed E-state index contributed by atoms with van der Waals surface area (Å²) >= 11 is 5.80. The van der Waals surface area contributed by atoms with Crippen LogP contribution in [0.4, 0.5) is 23.7 Å². The van der Waals surface area contributed by atoms with Crippen LogP contribution in [-0.2, 0) is 0 Å². The van der Waals surface area contributed by atoms with Gasteiger partial charge in [-0.1, -0.05) is 23.7 Å². The molecule has 4 rings (SSSR count). The van der Waals surface area contributed by atoms with Crippen molar-refractivity contribution in [2.45, 2.75) is 17.9 Å². The molecule has 3 atom stereocenters. The molecule has 0 spiro atoms. The summed E-state index contributed by atoms with van der Waals surface area (Å²) in [4.78, 5) is 36.1. The molecule has 3 N–H and O–H groups in total. The number of nitro benzene ring substituents is 1. The third-order valence-electron chi connectivity index (χ3n) is 5.52. The first-order valence-corrected chi connectivity index (χ1v) is 10.3. The Kier molecular flexibility index (Phi) is 6.03. The van der Waals surface area contributed by atoms with Crippen LogP contribution in [-0.4, -0.2) is 33.7 Å². The number of para-hydroxylation sites is 1. The number of benzene rings is 2. The minimum Gasteiger partial charge on any atom is -0.459 e. The van der Waals surface area contributed by atoms with Crippen molar-refractivity contribution in [3.05, 3.63) is 87.1 Å². The number of halogens is 4. The van der Waals surface area contributed by atoms with E-state index in [-0.39, 0.29) is 33.4 Å². The number of nitrogens with one attached hydrogen (secondary N) is 2. The van der Waals surface area contributed by atoms with Crippen molar-refractivity contribution in [1.29, 1.82) is 0 Å². The molecule has 13 heteroatoms. The van der Waals surface area contributed by atoms with Crippen LogP contribution in [0.15, 0.2) is 65.1 Å². The van der Waals surface area contributed by atoms with Gasteiger partial charge in [-0.25, -0.2) is 4.79 Å². The van der Waals surface area contributed by atoms with Gasteiger partial charge in [-0.3, -0.25) is 14.9 Å². The van der Waals surface area contributed by atoms with Gasteiger partial charge < -0.3 is 20.2 Å². The Morgan fingerprint density at radius 1 is 1.11 bits per heavy atom. The highest BCUT2D eigenvalue weighted by Gasteiger charge is 2.66. The number of furan rings is 1. The van der Waals surface area contributed by atoms with Gasteiger partial charge >= 0.3 is 12.2 Å². The molecule has 2 aromatic carbocycles. The fraction of sp³-hybridized carbons (Fsp3) is 0.182. The molecule has 0 aliphatic carbocycles. The lowest BCUT2D eigenvalue weighted by atomic mass is 9.79. The average Bonchev–Trinajstić information content (AvgIpc) is 3.28. The van der Waals surface area contributed by atoms with Gasteiger partial charge in [0.15, 0.2) is 5.78 Å². The number of urea groups is 1. The predicted octanol–water partition coefficient (Wildman–Crippen LogP) is 4.61. The summed E-state index contributed by atoms with van der Waals surface area (Å²) < 4.78 is 47.6. The first-order chi connectivity index (χ1) is 16.4. The van der Waals surface area contributed by atoms with E-state index in [1.807, 2.05) is 0 Å². The molecule has 1 aliphatic heterocycles. The highest BCUT2D eigenvalue weighted by molar-refractivity contribution is 6.30. The van der Waals surface area contributed by atoms with Gasteiger partial charge in [0.1, 0.15) is 23.5 Å². The van der Waals surface area contributed by atoms with Gasteiger partial charge in [0.2, 0.25) is 5.72 Å². The smallest absolute Gasteiger partial charge is 0.437 e. The highest BCUT2D eigenvalue weighted by Crippen LogP contribution is 2.45. The quantitative estimate of drug-likeness (QED) is 0.261. The van der Waals surface area contributed by atoms with Crippen LogP contribution >= 0.6 is 11.6 Å². The molecule has 1 saturated heterocycles. The van der Waals surface area contributed by atoms with Gasteiger partial charge in [-0.2, -0.15) is 13.2 Å². The lowest BCUT2D eigenvalue weighted by Crippen LogP contribution is -2.72. The Balaban J connectivity index is 1.83. The van der Waals surface area contributed by atoms with E-state index in [1.54, 1.807) is 0 Å². The van der Waals surface area contributed by atoms with Crippen LogP contribution in [0, 0.1) is 16.0 Å². The van der Waals surface area contributed by atoms with Crippen LogP contribution in [0.1, 0.15) is 22.2 Å². The number of alkyl halides is 3. The normalized spacial score (nSPS) is 22.3. The van der Waals surface area contributed by atoms with Crippen LogP contribution < -0.4 is 10.6 Å². The molecule has 0 saturated carbocycles. The predicted molar refractivity (Wildman–Crippen MR) is 115 cm³/mol. The van der Waals surface area contributed by atoms with Crippen molar-refractivity contribution in [3.8, 4) is 11.3 Å². The summed E-state index contributed by atoms with van der Waals surface area (Å²) in [5, 5.41) is 25.8. The largest absolute Gasteiger partial charge is 0.459 e. The average molecular weight is 510 g/mol. The molecule has 1 fully saturated rings. The third-order valence-corrected chi connectivity index (χ3v) is 5.77. The Hall–Kier alpha value is -3.90. The number of nitro groups is 1. The molecular weight excluding hydrogens is 495 g/mol. The monoisotopic (exact) mass is 509 g/mol. The second-order valence-electron chi connectivity index (χ2n) is 7.67. The number of Topliss-reactive ketones (excluding diaryl/α,β-unsaturated/α-hetero) is 1. The molecule has 3 aromatic rings. The maximum atomic E-state index is 14.0. The second-order valence-corrected chi connectivity index (χ2v) is 8.10. The van der Waals surface area contributed by atoms with Gasteiger partial charge in [0.25, 0.3) is 5.69 Å². The van der Waals surface area contributed by atoms with E-state index < -0.39 is 40.6 Å². The topological polar surface area (TPSA) is 135 Å². The Morgan fingerprint density at radius 2 is 1.77 bits per heavy atom. The molecule has 9 nitrogen and oxygen atoms in total. The molecular formula is C22H15ClF3N3O6. The molecule has 35 heavy (non-hydrogen) atoms. The van der Waals surface area contributed by atoms with Gasteiger partial charge in [0.05, 0.1) is 10.5 Å². The molecule has 0 bridgehead atoms. The van der Waals surface area contributed by atoms with Gasteiger partial charge in [-0.15, -0.1) is 0 Å². The van der Waals surface area contributed by atoms with Crippen LogP contribution in [0.3, 0.4) is 0 Å². The Labute approximate surface area is 199 Å². The zero-order chi connectivity index (χ0) is 25.5. The van der Waals surface area contributed by atoms with E-state index >= 15 is 0 Å². The molecule has 1 aromatic heterocycles. The van der Waals surface area contributed by atoms with Gasteiger partial charge in [-0.05, 0) is 42.5 Å². The van der Waals surface area contributed by atoms with Crippen molar-refractivity contribution in [2.75, 3.05) is 0 Å². The minimum absolute atomic E-state index is 0.0238. The van der Waals surface area contributed by atoms with Crippen molar-refractivity contribution >= 4 is 29.1 Å². The fourth-order valence-electron chi connectivity index (χ4n) is 3.88. The Bertz CT molecular complexity index is 1310. The molecule has 2 heterocycles. The molecule has 0 unspecified atom stereocenters. The SMILES string of the molecule is O=C1N[C@@H](c2ccc(-c3ccccc3[N+](=O)[O-])o2)[C@@H](C(=O)c2ccc(Cl)cc2)[C@@](O)(C(F)(F)F)N1. The van der Waals surface area contributed by atoms with Crippen molar-refractivity contribution in [3.63, 3.8) is 0 Å². The number of amides is 2.